The summed E-state index contributed by atoms with van der Waals surface area (Å²) in [6.07, 6.45) is 4.15. The Morgan fingerprint density at radius 1 is 1.43 bits per heavy atom. The number of nitrogens with zero attached hydrogens (tertiary/aromatic N) is 1. The fraction of sp³-hybridized carbons (Fsp3) is 0.471. The molecule has 0 N–H and O–H groups in total. The molecule has 1 aliphatic heterocycles. The van der Waals surface area contributed by atoms with E-state index in [0.29, 0.717) is 8.96 Å². The van der Waals surface area contributed by atoms with Gasteiger partial charge in [-0.25, -0.2) is 0 Å². The zero-order valence-electron chi connectivity index (χ0n) is 12.5. The molecule has 0 saturated carbocycles. The van der Waals surface area contributed by atoms with E-state index in [1.165, 1.54) is 18.4 Å². The first kappa shape index (κ1) is 15.0. The Labute approximate surface area is 138 Å². The normalized spacial score (nSPS) is 20.0. The first-order valence-electron chi connectivity index (χ1n) is 7.47. The lowest BCUT2D eigenvalue weighted by Crippen LogP contribution is -2.33. The van der Waals surface area contributed by atoms with Gasteiger partial charge in [0.2, 0.25) is 5.43 Å². The van der Waals surface area contributed by atoms with Crippen molar-refractivity contribution in [3.8, 4) is 0 Å². The largest absolute Gasteiger partial charge is 0.463 e. The van der Waals surface area contributed by atoms with E-state index in [2.05, 4.69) is 17.9 Å². The van der Waals surface area contributed by atoms with Crippen molar-refractivity contribution in [3.05, 3.63) is 43.3 Å². The van der Waals surface area contributed by atoms with Crippen molar-refractivity contribution in [2.75, 3.05) is 13.1 Å². The Balaban J connectivity index is 1.96. The van der Waals surface area contributed by atoms with Gasteiger partial charge in [0.15, 0.2) is 0 Å². The van der Waals surface area contributed by atoms with Crippen LogP contribution in [-0.4, -0.2) is 18.0 Å². The summed E-state index contributed by atoms with van der Waals surface area (Å²) >= 11 is 2.04. The van der Waals surface area contributed by atoms with Crippen molar-refractivity contribution in [1.82, 2.24) is 4.90 Å². The number of hydrogen-bond donors (Lipinski definition) is 0. The van der Waals surface area contributed by atoms with E-state index in [0.717, 1.165) is 36.7 Å². The van der Waals surface area contributed by atoms with E-state index in [4.69, 9.17) is 4.42 Å². The molecule has 0 amide bonds. The summed E-state index contributed by atoms with van der Waals surface area (Å²) in [5.41, 5.74) is 3.05. The smallest absolute Gasteiger partial charge is 0.206 e. The molecule has 0 aliphatic carbocycles. The van der Waals surface area contributed by atoms with Gasteiger partial charge >= 0.3 is 0 Å². The van der Waals surface area contributed by atoms with Crippen LogP contribution in [0.4, 0.5) is 0 Å². The lowest BCUT2D eigenvalue weighted by Gasteiger charge is -2.30. The van der Waals surface area contributed by atoms with E-state index in [1.807, 2.05) is 35.6 Å². The molecule has 3 rings (SSSR count). The number of fused-ring (bicyclic) bond motifs is 1. The molecule has 3 nitrogen and oxygen atoms in total. The van der Waals surface area contributed by atoms with Crippen LogP contribution in [0.5, 0.6) is 0 Å². The Hall–Kier alpha value is -0.880. The second-order valence-electron chi connectivity index (χ2n) is 6.18. The highest BCUT2D eigenvalue weighted by molar-refractivity contribution is 14.1. The Kier molecular flexibility index (Phi) is 4.36. The van der Waals surface area contributed by atoms with E-state index in [-0.39, 0.29) is 5.43 Å². The van der Waals surface area contributed by atoms with Crippen LogP contribution in [0.25, 0.3) is 11.0 Å². The molecular weight excluding hydrogens is 377 g/mol. The van der Waals surface area contributed by atoms with Gasteiger partial charge in [-0.2, -0.15) is 0 Å². The summed E-state index contributed by atoms with van der Waals surface area (Å²) in [4.78, 5) is 14.8. The topological polar surface area (TPSA) is 33.5 Å². The monoisotopic (exact) mass is 397 g/mol. The summed E-state index contributed by atoms with van der Waals surface area (Å²) < 4.78 is 6.24. The fourth-order valence-electron chi connectivity index (χ4n) is 3.25. The van der Waals surface area contributed by atoms with Crippen molar-refractivity contribution in [3.63, 3.8) is 0 Å². The number of likely N-dealkylation sites (tertiary alicyclic amines) is 1. The zero-order valence-corrected chi connectivity index (χ0v) is 14.6. The third-order valence-electron chi connectivity index (χ3n) is 4.22. The van der Waals surface area contributed by atoms with Crippen molar-refractivity contribution < 1.29 is 4.42 Å². The molecule has 0 bridgehead atoms. The first-order valence-corrected chi connectivity index (χ1v) is 8.55. The average Bonchev–Trinajstić information content (AvgIpc) is 2.43. The van der Waals surface area contributed by atoms with Crippen LogP contribution in [0.1, 0.15) is 30.9 Å². The van der Waals surface area contributed by atoms with Crippen molar-refractivity contribution >= 4 is 33.6 Å². The van der Waals surface area contributed by atoms with Crippen molar-refractivity contribution in [2.24, 2.45) is 5.92 Å². The predicted molar refractivity (Wildman–Crippen MR) is 93.6 cm³/mol. The maximum Gasteiger partial charge on any atom is 0.206 e. The summed E-state index contributed by atoms with van der Waals surface area (Å²) in [5.74, 6) is 0.770. The second kappa shape index (κ2) is 6.08. The van der Waals surface area contributed by atoms with Gasteiger partial charge in [0.1, 0.15) is 11.8 Å². The molecule has 112 valence electrons. The van der Waals surface area contributed by atoms with Gasteiger partial charge in [-0.3, -0.25) is 9.69 Å². The van der Waals surface area contributed by atoms with Crippen LogP contribution < -0.4 is 5.43 Å². The van der Waals surface area contributed by atoms with Crippen LogP contribution in [0, 0.1) is 16.4 Å². The number of rotatable bonds is 2. The minimum Gasteiger partial charge on any atom is -0.463 e. The van der Waals surface area contributed by atoms with Crippen molar-refractivity contribution in [2.45, 2.75) is 33.2 Å². The summed E-state index contributed by atoms with van der Waals surface area (Å²) in [5, 5.41) is 0.710. The SMILES string of the molecule is Cc1cc(CN2CCCC(C)C2)cc2c(=O)c(I)coc12. The maximum absolute atomic E-state index is 12.3. The second-order valence-corrected chi connectivity index (χ2v) is 7.35. The minimum atomic E-state index is 0.0776. The van der Waals surface area contributed by atoms with Crippen LogP contribution in [-0.2, 0) is 6.54 Å². The third kappa shape index (κ3) is 3.16. The number of benzene rings is 1. The van der Waals surface area contributed by atoms with Crippen LogP contribution in [0.15, 0.2) is 27.6 Å². The van der Waals surface area contributed by atoms with E-state index < -0.39 is 0 Å². The molecule has 1 atom stereocenters. The van der Waals surface area contributed by atoms with Gasteiger partial charge < -0.3 is 4.42 Å². The van der Waals surface area contributed by atoms with Crippen LogP contribution >= 0.6 is 22.6 Å². The lowest BCUT2D eigenvalue weighted by molar-refractivity contribution is 0.176. The Morgan fingerprint density at radius 2 is 2.24 bits per heavy atom. The Morgan fingerprint density at radius 3 is 3.00 bits per heavy atom. The standard InChI is InChI=1S/C17H20INO2/c1-11-4-3-5-19(8-11)9-13-6-12(2)17-14(7-13)16(20)15(18)10-21-17/h6-7,10-11H,3-5,8-9H2,1-2H3. The molecular formula is C17H20INO2. The highest BCUT2D eigenvalue weighted by atomic mass is 127. The van der Waals surface area contributed by atoms with Gasteiger partial charge in [-0.05, 0) is 72.0 Å². The van der Waals surface area contributed by atoms with E-state index in [9.17, 15) is 4.79 Å². The Bertz CT molecular complexity index is 723. The van der Waals surface area contributed by atoms with E-state index >= 15 is 0 Å². The first-order chi connectivity index (χ1) is 10.0. The summed E-state index contributed by atoms with van der Waals surface area (Å²) in [6.45, 7) is 7.56. The van der Waals surface area contributed by atoms with Gasteiger partial charge in [-0.1, -0.05) is 13.0 Å². The summed E-state index contributed by atoms with van der Waals surface area (Å²) in [6, 6.07) is 4.16. The quantitative estimate of drug-likeness (QED) is 0.720. The highest BCUT2D eigenvalue weighted by Crippen LogP contribution is 2.22. The molecule has 4 heteroatoms. The third-order valence-corrected chi connectivity index (χ3v) is 4.97. The molecule has 1 aromatic carbocycles. The molecule has 1 aliphatic rings. The van der Waals surface area contributed by atoms with Gasteiger partial charge in [0.05, 0.1) is 8.96 Å². The molecule has 21 heavy (non-hydrogen) atoms. The highest BCUT2D eigenvalue weighted by Gasteiger charge is 2.17. The van der Waals surface area contributed by atoms with E-state index in [1.54, 1.807) is 6.26 Å². The molecule has 0 spiro atoms. The number of hydrogen-bond acceptors (Lipinski definition) is 3. The average molecular weight is 397 g/mol. The molecule has 1 aromatic heterocycles. The minimum absolute atomic E-state index is 0.0776. The molecule has 2 heterocycles. The van der Waals surface area contributed by atoms with Crippen LogP contribution in [0.3, 0.4) is 0 Å². The molecule has 0 radical (unpaired) electrons. The summed E-state index contributed by atoms with van der Waals surface area (Å²) in [7, 11) is 0. The van der Waals surface area contributed by atoms with Gasteiger partial charge in [-0.15, -0.1) is 0 Å². The molecule has 1 saturated heterocycles. The number of halogens is 1. The molecule has 2 aromatic rings. The van der Waals surface area contributed by atoms with Gasteiger partial charge in [0.25, 0.3) is 0 Å². The maximum atomic E-state index is 12.3. The fourth-order valence-corrected chi connectivity index (χ4v) is 3.66. The van der Waals surface area contributed by atoms with Gasteiger partial charge in [0, 0.05) is 13.1 Å². The number of aryl methyl sites for hydroxylation is 1. The zero-order chi connectivity index (χ0) is 15.0. The van der Waals surface area contributed by atoms with Crippen LogP contribution in [0.2, 0.25) is 0 Å². The molecule has 1 fully saturated rings. The van der Waals surface area contributed by atoms with Crippen molar-refractivity contribution in [1.29, 1.82) is 0 Å². The molecule has 1 unspecified atom stereocenters. The number of piperidine rings is 1. The predicted octanol–water partition coefficient (Wildman–Crippen LogP) is 3.94. The lowest BCUT2D eigenvalue weighted by atomic mass is 9.99.